The molecule has 1 aliphatic carbocycles. The van der Waals surface area contributed by atoms with Gasteiger partial charge in [-0.25, -0.2) is 0 Å². The van der Waals surface area contributed by atoms with Crippen molar-refractivity contribution in [1.82, 2.24) is 0 Å². The van der Waals surface area contributed by atoms with Gasteiger partial charge in [0.05, 0.1) is 26.7 Å². The summed E-state index contributed by atoms with van der Waals surface area (Å²) in [7, 11) is 1.40. The molecule has 0 atom stereocenters. The number of carbonyl (C=O) groups excluding carboxylic acids is 1. The van der Waals surface area contributed by atoms with E-state index in [1.165, 1.54) is 7.11 Å². The van der Waals surface area contributed by atoms with Gasteiger partial charge >= 0.3 is 5.97 Å². The summed E-state index contributed by atoms with van der Waals surface area (Å²) in [6.07, 6.45) is 4.36. The van der Waals surface area contributed by atoms with Crippen LogP contribution < -0.4 is 0 Å². The fourth-order valence-corrected chi connectivity index (χ4v) is 3.39. The summed E-state index contributed by atoms with van der Waals surface area (Å²) >= 11 is 0. The molecular formula is C20H18O4. The minimum absolute atomic E-state index is 0.249. The summed E-state index contributed by atoms with van der Waals surface area (Å²) in [6.45, 7) is 1.11. The van der Waals surface area contributed by atoms with Crippen LogP contribution in [-0.4, -0.2) is 26.3 Å². The van der Waals surface area contributed by atoms with Crippen LogP contribution in [-0.2, 0) is 31.2 Å². The Morgan fingerprint density at radius 3 is 2.54 bits per heavy atom. The monoisotopic (exact) mass is 322 g/mol. The van der Waals surface area contributed by atoms with Gasteiger partial charge in [0.15, 0.2) is 0 Å². The number of fused-ring (bicyclic) bond motifs is 4. The van der Waals surface area contributed by atoms with Gasteiger partial charge in [-0.15, -0.1) is 0 Å². The molecule has 0 radical (unpaired) electrons. The number of carbonyl (C=O) groups is 1. The Morgan fingerprint density at radius 2 is 1.75 bits per heavy atom. The maximum atomic E-state index is 11.6. The van der Waals surface area contributed by atoms with Crippen LogP contribution >= 0.6 is 0 Å². The van der Waals surface area contributed by atoms with Crippen LogP contribution in [0.15, 0.2) is 42.5 Å². The molecule has 1 fully saturated rings. The molecule has 0 amide bonds. The Balaban J connectivity index is 1.86. The first kappa shape index (κ1) is 15.1. The lowest BCUT2D eigenvalue weighted by Crippen LogP contribution is -2.30. The molecule has 0 bridgehead atoms. The Labute approximate surface area is 140 Å². The lowest BCUT2D eigenvalue weighted by molar-refractivity contribution is -0.139. The largest absolute Gasteiger partial charge is 0.469 e. The molecule has 4 rings (SSSR count). The fourth-order valence-electron chi connectivity index (χ4n) is 3.39. The molecule has 0 unspecified atom stereocenters. The second-order valence-corrected chi connectivity index (χ2v) is 5.91. The normalized spacial score (nSPS) is 17.2. The minimum Gasteiger partial charge on any atom is -0.469 e. The van der Waals surface area contributed by atoms with Gasteiger partial charge in [-0.2, -0.15) is 0 Å². The highest BCUT2D eigenvalue weighted by Gasteiger charge is 2.43. The van der Waals surface area contributed by atoms with Crippen LogP contribution in [0.4, 0.5) is 0 Å². The number of hydrogen-bond donors (Lipinski definition) is 0. The van der Waals surface area contributed by atoms with E-state index in [0.717, 1.165) is 27.8 Å². The van der Waals surface area contributed by atoms with Crippen molar-refractivity contribution in [3.63, 3.8) is 0 Å². The standard InChI is InChI=1S/C20H18O4/c1-22-19(21)13-14-6-9-18-16(12-14)8-7-15-4-2-3-5-17(15)20(18)23-10-11-24-20/h2-9,12H,10-11,13H2,1H3. The van der Waals surface area contributed by atoms with E-state index in [1.807, 2.05) is 36.4 Å². The Kier molecular flexibility index (Phi) is 3.71. The first-order chi connectivity index (χ1) is 11.7. The van der Waals surface area contributed by atoms with Crippen LogP contribution in [0.2, 0.25) is 0 Å². The number of benzene rings is 2. The third kappa shape index (κ3) is 2.35. The minimum atomic E-state index is -0.876. The van der Waals surface area contributed by atoms with Gasteiger partial charge in [-0.05, 0) is 16.7 Å². The van der Waals surface area contributed by atoms with Gasteiger partial charge in [-0.1, -0.05) is 54.6 Å². The van der Waals surface area contributed by atoms with E-state index >= 15 is 0 Å². The Hall–Kier alpha value is -2.43. The lowest BCUT2D eigenvalue weighted by Gasteiger charge is -2.30. The Morgan fingerprint density at radius 1 is 1.04 bits per heavy atom. The van der Waals surface area contributed by atoms with E-state index in [9.17, 15) is 4.79 Å². The van der Waals surface area contributed by atoms with E-state index in [1.54, 1.807) is 0 Å². The van der Waals surface area contributed by atoms with E-state index in [0.29, 0.717) is 13.2 Å². The second-order valence-electron chi connectivity index (χ2n) is 5.91. The van der Waals surface area contributed by atoms with Crippen molar-refractivity contribution in [2.45, 2.75) is 12.2 Å². The second kappa shape index (κ2) is 5.89. The zero-order valence-corrected chi connectivity index (χ0v) is 13.5. The van der Waals surface area contributed by atoms with Gasteiger partial charge in [0.1, 0.15) is 0 Å². The molecule has 1 saturated heterocycles. The smallest absolute Gasteiger partial charge is 0.309 e. The van der Waals surface area contributed by atoms with E-state index < -0.39 is 5.79 Å². The topological polar surface area (TPSA) is 44.8 Å². The molecule has 122 valence electrons. The third-order valence-electron chi connectivity index (χ3n) is 4.50. The third-order valence-corrected chi connectivity index (χ3v) is 4.50. The van der Waals surface area contributed by atoms with Crippen molar-refractivity contribution in [2.75, 3.05) is 20.3 Å². The van der Waals surface area contributed by atoms with Crippen LogP contribution in [0.25, 0.3) is 12.2 Å². The van der Waals surface area contributed by atoms with Crippen molar-refractivity contribution in [1.29, 1.82) is 0 Å². The van der Waals surface area contributed by atoms with Gasteiger partial charge < -0.3 is 14.2 Å². The highest BCUT2D eigenvalue weighted by molar-refractivity contribution is 5.78. The molecule has 1 aliphatic heterocycles. The molecule has 2 aromatic carbocycles. The molecule has 2 aromatic rings. The van der Waals surface area contributed by atoms with Crippen LogP contribution in [0.5, 0.6) is 0 Å². The highest BCUT2D eigenvalue weighted by atomic mass is 16.7. The summed E-state index contributed by atoms with van der Waals surface area (Å²) in [5.41, 5.74) is 4.96. The zero-order chi connectivity index (χ0) is 16.6. The molecule has 0 N–H and O–H groups in total. The van der Waals surface area contributed by atoms with Crippen molar-refractivity contribution in [3.05, 3.63) is 70.3 Å². The van der Waals surface area contributed by atoms with Crippen LogP contribution in [0, 0.1) is 0 Å². The first-order valence-corrected chi connectivity index (χ1v) is 7.99. The van der Waals surface area contributed by atoms with Crippen LogP contribution in [0.3, 0.4) is 0 Å². The lowest BCUT2D eigenvalue weighted by atomic mass is 9.91. The molecule has 0 aromatic heterocycles. The molecule has 4 heteroatoms. The maximum absolute atomic E-state index is 11.6. The van der Waals surface area contributed by atoms with Crippen molar-refractivity contribution >= 4 is 18.1 Å². The van der Waals surface area contributed by atoms with E-state index in [4.69, 9.17) is 14.2 Å². The fraction of sp³-hybridized carbons (Fsp3) is 0.250. The number of rotatable bonds is 2. The maximum Gasteiger partial charge on any atom is 0.309 e. The molecule has 0 saturated carbocycles. The van der Waals surface area contributed by atoms with Gasteiger partial charge in [-0.3, -0.25) is 4.79 Å². The summed E-state index contributed by atoms with van der Waals surface area (Å²) in [6, 6.07) is 14.0. The van der Waals surface area contributed by atoms with E-state index in [-0.39, 0.29) is 12.4 Å². The zero-order valence-electron chi connectivity index (χ0n) is 13.5. The van der Waals surface area contributed by atoms with Crippen LogP contribution in [0.1, 0.15) is 27.8 Å². The van der Waals surface area contributed by atoms with E-state index in [2.05, 4.69) is 18.2 Å². The molecule has 24 heavy (non-hydrogen) atoms. The number of ether oxygens (including phenoxy) is 3. The summed E-state index contributed by atoms with van der Waals surface area (Å²) in [5.74, 6) is -1.13. The van der Waals surface area contributed by atoms with Gasteiger partial charge in [0, 0.05) is 11.1 Å². The first-order valence-electron chi connectivity index (χ1n) is 7.99. The summed E-state index contributed by atoms with van der Waals surface area (Å²) < 4.78 is 17.0. The molecule has 1 heterocycles. The molecular weight excluding hydrogens is 304 g/mol. The average molecular weight is 322 g/mol. The SMILES string of the molecule is COC(=O)Cc1ccc2c(c1)C=Cc1ccccc1C21OCCO1. The number of hydrogen-bond acceptors (Lipinski definition) is 4. The predicted molar refractivity (Wildman–Crippen MR) is 90.2 cm³/mol. The number of methoxy groups -OCH3 is 1. The van der Waals surface area contributed by atoms with Gasteiger partial charge in [0.25, 0.3) is 0 Å². The van der Waals surface area contributed by atoms with Gasteiger partial charge in [0.2, 0.25) is 5.79 Å². The molecule has 2 aliphatic rings. The van der Waals surface area contributed by atoms with Crippen molar-refractivity contribution in [2.24, 2.45) is 0 Å². The predicted octanol–water partition coefficient (Wildman–Crippen LogP) is 3.13. The quantitative estimate of drug-likeness (QED) is 0.797. The molecule has 4 nitrogen and oxygen atoms in total. The van der Waals surface area contributed by atoms with Crippen molar-refractivity contribution in [3.8, 4) is 0 Å². The summed E-state index contributed by atoms with van der Waals surface area (Å²) in [4.78, 5) is 11.6. The Bertz CT molecular complexity index is 816. The molecule has 1 spiro atoms. The van der Waals surface area contributed by atoms with Crippen molar-refractivity contribution < 1.29 is 19.0 Å². The summed E-state index contributed by atoms with van der Waals surface area (Å²) in [5, 5.41) is 0. The average Bonchev–Trinajstić information content (AvgIpc) is 3.06. The highest BCUT2D eigenvalue weighted by Crippen LogP contribution is 2.44. The number of esters is 1.